The van der Waals surface area contributed by atoms with Crippen molar-refractivity contribution in [2.45, 2.75) is 26.8 Å². The number of carbonyl (C=O) groups is 1. The number of nitrogens with zero attached hydrogens (tertiary/aromatic N) is 2. The van der Waals surface area contributed by atoms with Crippen LogP contribution in [0.3, 0.4) is 0 Å². The van der Waals surface area contributed by atoms with Gasteiger partial charge >= 0.3 is 0 Å². The molecule has 0 N–H and O–H groups in total. The summed E-state index contributed by atoms with van der Waals surface area (Å²) in [6, 6.07) is -0.0888. The maximum absolute atomic E-state index is 11.5. The van der Waals surface area contributed by atoms with Gasteiger partial charge in [-0.1, -0.05) is 11.3 Å². The van der Waals surface area contributed by atoms with Crippen LogP contribution < -0.4 is 4.90 Å². The summed E-state index contributed by atoms with van der Waals surface area (Å²) < 4.78 is 23.0. The number of thiazole rings is 1. The summed E-state index contributed by atoms with van der Waals surface area (Å²) in [6.07, 6.45) is 0. The average molecular weight is 288 g/mol. The van der Waals surface area contributed by atoms with Gasteiger partial charge in [-0.15, -0.1) is 0 Å². The zero-order chi connectivity index (χ0) is 13.5. The lowest BCUT2D eigenvalue weighted by atomic mass is 10.3. The molecule has 0 amide bonds. The number of anilines is 1. The van der Waals surface area contributed by atoms with Crippen molar-refractivity contribution in [3.63, 3.8) is 0 Å². The number of Topliss-reactive ketones (excluding diaryl/α,β-unsaturated/α-hetero) is 1. The van der Waals surface area contributed by atoms with Gasteiger partial charge in [-0.2, -0.15) is 0 Å². The molecule has 1 aliphatic heterocycles. The van der Waals surface area contributed by atoms with Gasteiger partial charge in [0.2, 0.25) is 0 Å². The van der Waals surface area contributed by atoms with E-state index in [2.05, 4.69) is 4.98 Å². The highest BCUT2D eigenvalue weighted by molar-refractivity contribution is 7.91. The summed E-state index contributed by atoms with van der Waals surface area (Å²) in [5.74, 6) is 0.320. The van der Waals surface area contributed by atoms with Gasteiger partial charge in [0.05, 0.1) is 22.1 Å². The fraction of sp³-hybridized carbons (Fsp3) is 0.636. The molecule has 1 saturated heterocycles. The van der Waals surface area contributed by atoms with Gasteiger partial charge in [-0.05, 0) is 13.8 Å². The van der Waals surface area contributed by atoms with Crippen molar-refractivity contribution < 1.29 is 13.2 Å². The Labute approximate surface area is 111 Å². The molecule has 2 rings (SSSR count). The topological polar surface area (TPSA) is 67.3 Å². The maximum atomic E-state index is 11.5. The van der Waals surface area contributed by atoms with Crippen molar-refractivity contribution in [1.82, 2.24) is 4.98 Å². The molecule has 100 valence electrons. The van der Waals surface area contributed by atoms with Crippen molar-refractivity contribution in [1.29, 1.82) is 0 Å². The van der Waals surface area contributed by atoms with Crippen molar-refractivity contribution in [3.05, 3.63) is 10.6 Å². The summed E-state index contributed by atoms with van der Waals surface area (Å²) in [7, 11) is -2.92. The minimum absolute atomic E-state index is 0.00790. The number of hydrogen-bond donors (Lipinski definition) is 0. The van der Waals surface area contributed by atoms with Gasteiger partial charge in [0.25, 0.3) is 0 Å². The molecule has 1 aliphatic rings. The number of carbonyl (C=O) groups excluding carboxylic acids is 1. The summed E-state index contributed by atoms with van der Waals surface area (Å²) >= 11 is 1.35. The zero-order valence-corrected chi connectivity index (χ0v) is 12.3. The minimum atomic E-state index is -2.92. The van der Waals surface area contributed by atoms with Crippen LogP contribution in [0, 0.1) is 6.92 Å². The van der Waals surface area contributed by atoms with Gasteiger partial charge in [0.15, 0.2) is 20.8 Å². The SMILES string of the molecule is CC(=O)c1sc(N2CCS(=O)(=O)CC2C)nc1C. The highest BCUT2D eigenvalue weighted by atomic mass is 32.2. The predicted octanol–water partition coefficient (Wildman–Crippen LogP) is 1.28. The van der Waals surface area contributed by atoms with Gasteiger partial charge in [0.1, 0.15) is 0 Å². The molecule has 0 bridgehead atoms. The second kappa shape index (κ2) is 4.62. The smallest absolute Gasteiger partial charge is 0.186 e. The number of aryl methyl sites for hydroxylation is 1. The molecule has 18 heavy (non-hydrogen) atoms. The van der Waals surface area contributed by atoms with Crippen LogP contribution in [0.25, 0.3) is 0 Å². The first-order valence-electron chi connectivity index (χ1n) is 5.75. The van der Waals surface area contributed by atoms with Crippen LogP contribution in [0.1, 0.15) is 29.2 Å². The van der Waals surface area contributed by atoms with Crippen LogP contribution in [0.4, 0.5) is 5.13 Å². The normalized spacial score (nSPS) is 23.1. The van der Waals surface area contributed by atoms with Crippen LogP contribution in [-0.4, -0.2) is 43.3 Å². The molecule has 0 aromatic carbocycles. The Kier molecular flexibility index (Phi) is 3.46. The summed E-state index contributed by atoms with van der Waals surface area (Å²) in [5.41, 5.74) is 0.725. The maximum Gasteiger partial charge on any atom is 0.186 e. The van der Waals surface area contributed by atoms with E-state index in [1.54, 1.807) is 0 Å². The van der Waals surface area contributed by atoms with Crippen LogP contribution >= 0.6 is 11.3 Å². The van der Waals surface area contributed by atoms with E-state index in [0.29, 0.717) is 11.4 Å². The van der Waals surface area contributed by atoms with Crippen LogP contribution in [0.15, 0.2) is 0 Å². The molecule has 1 fully saturated rings. The zero-order valence-electron chi connectivity index (χ0n) is 10.6. The van der Waals surface area contributed by atoms with Crippen molar-refractivity contribution in [2.75, 3.05) is 23.0 Å². The first-order valence-corrected chi connectivity index (χ1v) is 8.39. The monoisotopic (exact) mass is 288 g/mol. The number of sulfone groups is 1. The molecule has 1 aromatic heterocycles. The molecule has 1 atom stereocenters. The lowest BCUT2D eigenvalue weighted by molar-refractivity contribution is 0.102. The Morgan fingerprint density at radius 3 is 2.67 bits per heavy atom. The molecule has 0 radical (unpaired) electrons. The van der Waals surface area contributed by atoms with Crippen molar-refractivity contribution >= 4 is 32.1 Å². The van der Waals surface area contributed by atoms with E-state index in [-0.39, 0.29) is 23.3 Å². The molecule has 5 nitrogen and oxygen atoms in total. The third kappa shape index (κ3) is 2.56. The van der Waals surface area contributed by atoms with E-state index in [1.807, 2.05) is 18.7 Å². The highest BCUT2D eigenvalue weighted by Crippen LogP contribution is 2.29. The summed E-state index contributed by atoms with van der Waals surface area (Å²) in [6.45, 7) is 5.66. The summed E-state index contributed by atoms with van der Waals surface area (Å²) in [4.78, 5) is 18.4. The molecule has 1 unspecified atom stereocenters. The quantitative estimate of drug-likeness (QED) is 0.767. The van der Waals surface area contributed by atoms with E-state index >= 15 is 0 Å². The highest BCUT2D eigenvalue weighted by Gasteiger charge is 2.30. The Morgan fingerprint density at radius 1 is 1.50 bits per heavy atom. The molecule has 1 aromatic rings. The standard InChI is InChI=1S/C11H16N2O3S2/c1-7-6-18(15,16)5-4-13(7)11-12-8(2)10(17-11)9(3)14/h7H,4-6H2,1-3H3. The Hall–Kier alpha value is -0.950. The number of aromatic nitrogens is 1. The fourth-order valence-electron chi connectivity index (χ4n) is 2.11. The van der Waals surface area contributed by atoms with Gasteiger partial charge in [-0.25, -0.2) is 13.4 Å². The molecule has 0 saturated carbocycles. The first kappa shape index (κ1) is 13.5. The van der Waals surface area contributed by atoms with E-state index in [4.69, 9.17) is 0 Å². The molecule has 0 spiro atoms. The average Bonchev–Trinajstić information content (AvgIpc) is 2.58. The number of rotatable bonds is 2. The van der Waals surface area contributed by atoms with Crippen molar-refractivity contribution in [3.8, 4) is 0 Å². The van der Waals surface area contributed by atoms with E-state index in [0.717, 1.165) is 10.8 Å². The molecule has 7 heteroatoms. The van der Waals surface area contributed by atoms with E-state index in [1.165, 1.54) is 18.3 Å². The van der Waals surface area contributed by atoms with Crippen LogP contribution in [0.5, 0.6) is 0 Å². The summed E-state index contributed by atoms with van der Waals surface area (Å²) in [5, 5.41) is 0.750. The molecular formula is C11H16N2O3S2. The third-order valence-corrected chi connectivity index (χ3v) is 6.11. The van der Waals surface area contributed by atoms with Crippen molar-refractivity contribution in [2.24, 2.45) is 0 Å². The van der Waals surface area contributed by atoms with Crippen LogP contribution in [0.2, 0.25) is 0 Å². The second-order valence-electron chi connectivity index (χ2n) is 4.62. The van der Waals surface area contributed by atoms with E-state index in [9.17, 15) is 13.2 Å². The van der Waals surface area contributed by atoms with Gasteiger partial charge in [-0.3, -0.25) is 4.79 Å². The van der Waals surface area contributed by atoms with Gasteiger partial charge in [0, 0.05) is 19.5 Å². The predicted molar refractivity (Wildman–Crippen MR) is 72.3 cm³/mol. The Balaban J connectivity index is 2.28. The van der Waals surface area contributed by atoms with E-state index < -0.39 is 9.84 Å². The van der Waals surface area contributed by atoms with Crippen LogP contribution in [-0.2, 0) is 9.84 Å². The number of hydrogen-bond acceptors (Lipinski definition) is 6. The fourth-order valence-corrected chi connectivity index (χ4v) is 4.76. The minimum Gasteiger partial charge on any atom is -0.343 e. The lowest BCUT2D eigenvalue weighted by Crippen LogP contribution is -2.46. The van der Waals surface area contributed by atoms with Gasteiger partial charge < -0.3 is 4.90 Å². The largest absolute Gasteiger partial charge is 0.343 e. The Bertz CT molecular complexity index is 577. The first-order chi connectivity index (χ1) is 8.30. The molecular weight excluding hydrogens is 272 g/mol. The molecule has 2 heterocycles. The lowest BCUT2D eigenvalue weighted by Gasteiger charge is -2.32. The molecule has 0 aliphatic carbocycles. The number of ketones is 1. The Morgan fingerprint density at radius 2 is 2.17 bits per heavy atom. The second-order valence-corrected chi connectivity index (χ2v) is 7.83. The third-order valence-electron chi connectivity index (χ3n) is 3.02.